The number of carbonyl (C=O) groups is 2. The van der Waals surface area contributed by atoms with E-state index in [2.05, 4.69) is 23.8 Å². The van der Waals surface area contributed by atoms with Gasteiger partial charge in [-0.3, -0.25) is 0 Å². The van der Waals surface area contributed by atoms with Gasteiger partial charge in [-0.15, -0.1) is 0 Å². The lowest BCUT2D eigenvalue weighted by Crippen LogP contribution is -2.06. The molecule has 10 nitrogen and oxygen atoms in total. The molecule has 6 rings (SSSR count). The van der Waals surface area contributed by atoms with Crippen LogP contribution in [0.1, 0.15) is 131 Å². The standard InChI is InChI=1S/C49H60N4O6/c1-3-5-7-9-11-18-32-58-48(54)36-26-28-40-42(34-36)52-46(50-40)38-22-14-16-24-44(38)56-30-20-13-21-31-57-45-25-17-15-23-39(45)47-51-41-29-27-37(35-43(41)53-47)49(55)59-33-19-12-10-8-6-4-2/h14-17,22-29,34-35H,3-13,18-21,30-33H2,1-2H3,(H,50,52)(H,51,53). The minimum Gasteiger partial charge on any atom is -0.493 e. The van der Waals surface area contributed by atoms with Crippen LogP contribution in [0, 0.1) is 0 Å². The lowest BCUT2D eigenvalue weighted by Gasteiger charge is -2.11. The van der Waals surface area contributed by atoms with Crippen molar-refractivity contribution >= 4 is 34.0 Å². The Labute approximate surface area is 348 Å². The average Bonchev–Trinajstić information content (AvgIpc) is 3.89. The van der Waals surface area contributed by atoms with Gasteiger partial charge < -0.3 is 28.9 Å². The number of imidazole rings is 2. The minimum atomic E-state index is -0.317. The fourth-order valence-electron chi connectivity index (χ4n) is 7.10. The molecule has 0 saturated carbocycles. The number of nitrogens with zero attached hydrogens (tertiary/aromatic N) is 2. The lowest BCUT2D eigenvalue weighted by atomic mass is 10.1. The van der Waals surface area contributed by atoms with Gasteiger partial charge in [-0.1, -0.05) is 102 Å². The van der Waals surface area contributed by atoms with Crippen LogP contribution in [0.5, 0.6) is 11.5 Å². The van der Waals surface area contributed by atoms with Gasteiger partial charge in [0.05, 0.1) is 70.7 Å². The van der Waals surface area contributed by atoms with Gasteiger partial charge in [-0.25, -0.2) is 19.6 Å². The smallest absolute Gasteiger partial charge is 0.338 e. The highest BCUT2D eigenvalue weighted by Crippen LogP contribution is 2.32. The third-order valence-corrected chi connectivity index (χ3v) is 10.5. The van der Waals surface area contributed by atoms with E-state index < -0.39 is 0 Å². The van der Waals surface area contributed by atoms with E-state index in [1.165, 1.54) is 51.4 Å². The zero-order valence-electron chi connectivity index (χ0n) is 34.9. The quantitative estimate of drug-likeness (QED) is 0.0410. The fourth-order valence-corrected chi connectivity index (χ4v) is 7.10. The Hall–Kier alpha value is -5.64. The molecule has 2 aromatic heterocycles. The van der Waals surface area contributed by atoms with E-state index in [4.69, 9.17) is 28.9 Å². The van der Waals surface area contributed by atoms with Crippen LogP contribution >= 0.6 is 0 Å². The van der Waals surface area contributed by atoms with Gasteiger partial charge in [-0.2, -0.15) is 0 Å². The van der Waals surface area contributed by atoms with E-state index in [9.17, 15) is 9.59 Å². The van der Waals surface area contributed by atoms with Crippen LogP contribution in [0.3, 0.4) is 0 Å². The molecule has 2 heterocycles. The number of carbonyl (C=O) groups excluding carboxylic acids is 2. The highest BCUT2D eigenvalue weighted by molar-refractivity contribution is 5.95. The molecule has 0 amide bonds. The van der Waals surface area contributed by atoms with Gasteiger partial charge in [0, 0.05) is 0 Å². The molecule has 0 bridgehead atoms. The van der Waals surface area contributed by atoms with Crippen LogP contribution in [-0.4, -0.2) is 58.3 Å². The number of ether oxygens (including phenoxy) is 4. The molecule has 59 heavy (non-hydrogen) atoms. The molecule has 0 fully saturated rings. The van der Waals surface area contributed by atoms with Crippen LogP contribution < -0.4 is 9.47 Å². The summed E-state index contributed by atoms with van der Waals surface area (Å²) in [5.74, 6) is 2.24. The number of nitrogens with one attached hydrogen (secondary N) is 2. The normalized spacial score (nSPS) is 11.3. The molecular weight excluding hydrogens is 741 g/mol. The molecule has 6 aromatic rings. The second-order valence-electron chi connectivity index (χ2n) is 15.2. The number of hydrogen-bond donors (Lipinski definition) is 2. The first-order valence-electron chi connectivity index (χ1n) is 21.8. The molecule has 0 spiro atoms. The Morgan fingerprint density at radius 3 is 1.32 bits per heavy atom. The molecule has 0 aliphatic carbocycles. The Kier molecular flexibility index (Phi) is 16.8. The zero-order chi connectivity index (χ0) is 41.1. The van der Waals surface area contributed by atoms with Crippen molar-refractivity contribution in [1.82, 2.24) is 19.9 Å². The number of para-hydroxylation sites is 2. The number of aromatic amines is 2. The van der Waals surface area contributed by atoms with Gasteiger partial charge in [0.15, 0.2) is 0 Å². The molecule has 10 heteroatoms. The van der Waals surface area contributed by atoms with Crippen molar-refractivity contribution in [3.63, 3.8) is 0 Å². The van der Waals surface area contributed by atoms with Gasteiger partial charge in [0.25, 0.3) is 0 Å². The lowest BCUT2D eigenvalue weighted by molar-refractivity contribution is 0.0488. The van der Waals surface area contributed by atoms with Gasteiger partial charge in [-0.05, 0) is 92.8 Å². The molecule has 0 saturated heterocycles. The van der Waals surface area contributed by atoms with Crippen molar-refractivity contribution < 1.29 is 28.5 Å². The zero-order valence-corrected chi connectivity index (χ0v) is 34.9. The molecule has 4 aromatic carbocycles. The molecule has 0 radical (unpaired) electrons. The number of esters is 2. The summed E-state index contributed by atoms with van der Waals surface area (Å²) in [6.45, 7) is 6.39. The first kappa shape index (κ1) is 43.0. The monoisotopic (exact) mass is 800 g/mol. The number of hydrogen-bond acceptors (Lipinski definition) is 8. The Morgan fingerprint density at radius 1 is 0.475 bits per heavy atom. The summed E-state index contributed by atoms with van der Waals surface area (Å²) in [5.41, 5.74) is 5.82. The second kappa shape index (κ2) is 23.1. The third kappa shape index (κ3) is 12.7. The molecule has 0 atom stereocenters. The van der Waals surface area contributed by atoms with Crippen molar-refractivity contribution in [2.75, 3.05) is 26.4 Å². The summed E-state index contributed by atoms with van der Waals surface area (Å²) in [6.07, 6.45) is 16.4. The second-order valence-corrected chi connectivity index (χ2v) is 15.2. The maximum Gasteiger partial charge on any atom is 0.338 e. The van der Waals surface area contributed by atoms with Gasteiger partial charge in [0.2, 0.25) is 0 Å². The molecule has 0 aliphatic heterocycles. The van der Waals surface area contributed by atoms with Gasteiger partial charge >= 0.3 is 11.9 Å². The predicted octanol–water partition coefficient (Wildman–Crippen LogP) is 12.4. The number of aromatic nitrogens is 4. The van der Waals surface area contributed by atoms with Crippen LogP contribution in [0.25, 0.3) is 44.8 Å². The molecule has 0 aliphatic rings. The van der Waals surface area contributed by atoms with E-state index >= 15 is 0 Å². The number of fused-ring (bicyclic) bond motifs is 2. The Bertz CT molecular complexity index is 2070. The topological polar surface area (TPSA) is 128 Å². The molecule has 312 valence electrons. The SMILES string of the molecule is CCCCCCCCOC(=O)c1ccc2[nH]c(-c3ccccc3OCCCCCOc3ccccc3-c3nc4cc(C(=O)OCCCCCCCC)ccc4[nH]3)nc2c1. The van der Waals surface area contributed by atoms with Crippen molar-refractivity contribution in [2.24, 2.45) is 0 Å². The highest BCUT2D eigenvalue weighted by Gasteiger charge is 2.16. The number of H-pyrrole nitrogens is 2. The number of benzene rings is 4. The van der Waals surface area contributed by atoms with E-state index in [1.807, 2.05) is 60.7 Å². The first-order valence-corrected chi connectivity index (χ1v) is 21.8. The fraction of sp³-hybridized carbons (Fsp3) is 0.429. The van der Waals surface area contributed by atoms with Gasteiger partial charge in [0.1, 0.15) is 23.1 Å². The first-order chi connectivity index (χ1) is 29.0. The number of unbranched alkanes of at least 4 members (excludes halogenated alkanes) is 12. The predicted molar refractivity (Wildman–Crippen MR) is 235 cm³/mol. The van der Waals surface area contributed by atoms with Crippen molar-refractivity contribution in [2.45, 2.75) is 110 Å². The Balaban J connectivity index is 0.945. The third-order valence-electron chi connectivity index (χ3n) is 10.5. The van der Waals surface area contributed by atoms with E-state index in [1.54, 1.807) is 24.3 Å². The largest absolute Gasteiger partial charge is 0.493 e. The van der Waals surface area contributed by atoms with Crippen molar-refractivity contribution in [1.29, 1.82) is 0 Å². The van der Waals surface area contributed by atoms with E-state index in [-0.39, 0.29) is 11.9 Å². The van der Waals surface area contributed by atoms with E-state index in [0.717, 1.165) is 78.6 Å². The van der Waals surface area contributed by atoms with Crippen molar-refractivity contribution in [3.8, 4) is 34.3 Å². The number of rotatable bonds is 26. The Morgan fingerprint density at radius 2 is 0.864 bits per heavy atom. The summed E-state index contributed by atoms with van der Waals surface area (Å²) in [6, 6.07) is 26.6. The maximum absolute atomic E-state index is 12.7. The summed E-state index contributed by atoms with van der Waals surface area (Å²) in [7, 11) is 0. The molecule has 0 unspecified atom stereocenters. The van der Waals surface area contributed by atoms with E-state index in [0.29, 0.717) is 60.2 Å². The van der Waals surface area contributed by atoms with Crippen LogP contribution in [0.2, 0.25) is 0 Å². The molecule has 2 N–H and O–H groups in total. The highest BCUT2D eigenvalue weighted by atomic mass is 16.5. The van der Waals surface area contributed by atoms with Crippen LogP contribution in [0.4, 0.5) is 0 Å². The maximum atomic E-state index is 12.7. The molecular formula is C49H60N4O6. The van der Waals surface area contributed by atoms with Crippen LogP contribution in [-0.2, 0) is 9.47 Å². The minimum absolute atomic E-state index is 0.317. The summed E-state index contributed by atoms with van der Waals surface area (Å²) in [5, 5.41) is 0. The average molecular weight is 801 g/mol. The van der Waals surface area contributed by atoms with Crippen LogP contribution in [0.15, 0.2) is 84.9 Å². The van der Waals surface area contributed by atoms with Crippen molar-refractivity contribution in [3.05, 3.63) is 96.1 Å². The summed E-state index contributed by atoms with van der Waals surface area (Å²) in [4.78, 5) is 41.8. The summed E-state index contributed by atoms with van der Waals surface area (Å²) >= 11 is 0. The summed E-state index contributed by atoms with van der Waals surface area (Å²) < 4.78 is 23.6.